The Bertz CT molecular complexity index is 806. The normalized spacial score (nSPS) is 11.4. The topological polar surface area (TPSA) is 63.3 Å². The van der Waals surface area contributed by atoms with Crippen molar-refractivity contribution in [3.63, 3.8) is 0 Å². The molecule has 8 heteroatoms. The van der Waals surface area contributed by atoms with Crippen LogP contribution in [0.2, 0.25) is 5.02 Å². The van der Waals surface area contributed by atoms with Crippen molar-refractivity contribution in [2.24, 2.45) is 0 Å². The molecular formula is C13H8ClF2O4S. The molecule has 0 saturated carbocycles. The van der Waals surface area contributed by atoms with Crippen molar-refractivity contribution in [1.82, 2.24) is 0 Å². The van der Waals surface area contributed by atoms with E-state index < -0.39 is 33.0 Å². The van der Waals surface area contributed by atoms with E-state index in [9.17, 15) is 22.3 Å². The summed E-state index contributed by atoms with van der Waals surface area (Å²) in [6, 6.07) is 4.62. The van der Waals surface area contributed by atoms with Gasteiger partial charge in [0.15, 0.2) is 27.2 Å². The number of benzene rings is 2. The maximum atomic E-state index is 13.1. The molecule has 0 aliphatic carbocycles. The molecule has 0 aliphatic heterocycles. The fraction of sp³-hybridized carbons (Fsp3) is 0.0769. The van der Waals surface area contributed by atoms with Gasteiger partial charge < -0.3 is 4.74 Å². The first-order chi connectivity index (χ1) is 9.68. The van der Waals surface area contributed by atoms with Crippen LogP contribution in [0.25, 0.3) is 0 Å². The molecule has 0 spiro atoms. The highest BCUT2D eigenvalue weighted by molar-refractivity contribution is 7.90. The van der Waals surface area contributed by atoms with Crippen molar-refractivity contribution in [3.8, 4) is 17.2 Å². The highest BCUT2D eigenvalue weighted by Crippen LogP contribution is 2.36. The predicted octanol–water partition coefficient (Wildman–Crippen LogP) is 3.96. The van der Waals surface area contributed by atoms with Crippen LogP contribution in [-0.2, 0) is 14.9 Å². The van der Waals surface area contributed by atoms with Gasteiger partial charge in [-0.05, 0) is 18.2 Å². The van der Waals surface area contributed by atoms with E-state index in [1.54, 1.807) is 0 Å². The largest absolute Gasteiger partial charge is 0.452 e. The van der Waals surface area contributed by atoms with Crippen LogP contribution in [0.1, 0.15) is 0 Å². The van der Waals surface area contributed by atoms with Crippen LogP contribution in [-0.4, -0.2) is 14.7 Å². The predicted molar refractivity (Wildman–Crippen MR) is 71.1 cm³/mol. The number of hydrogen-bond acceptors (Lipinski definition) is 3. The SMILES string of the molecule is CS(=O)(=O)c1ccc(Oc2cc(F)c(F)cc2[O])c(Cl)c1. The average Bonchev–Trinajstić information content (AvgIpc) is 2.36. The third-order valence-corrected chi connectivity index (χ3v) is 3.94. The number of ether oxygens (including phenoxy) is 1. The Labute approximate surface area is 124 Å². The molecule has 21 heavy (non-hydrogen) atoms. The lowest BCUT2D eigenvalue weighted by Gasteiger charge is -2.09. The molecule has 0 fully saturated rings. The minimum atomic E-state index is -3.45. The number of rotatable bonds is 3. The van der Waals surface area contributed by atoms with E-state index >= 15 is 0 Å². The Kier molecular flexibility index (Phi) is 4.06. The standard InChI is InChI=1S/C13H8ClF2O4S/c1-21(18,19)7-2-3-12(8(14)4-7)20-13-6-10(16)9(15)5-11(13)17/h2-6H,1H3. The van der Waals surface area contributed by atoms with Crippen molar-refractivity contribution in [2.45, 2.75) is 4.90 Å². The van der Waals surface area contributed by atoms with Gasteiger partial charge in [-0.25, -0.2) is 17.2 Å². The Morgan fingerprint density at radius 1 is 1.05 bits per heavy atom. The first-order valence-electron chi connectivity index (χ1n) is 5.52. The summed E-state index contributed by atoms with van der Waals surface area (Å²) < 4.78 is 53.7. The number of halogens is 3. The summed E-state index contributed by atoms with van der Waals surface area (Å²) in [7, 11) is -3.45. The molecule has 2 aromatic carbocycles. The van der Waals surface area contributed by atoms with Crippen LogP contribution in [0.4, 0.5) is 8.78 Å². The number of hydrogen-bond donors (Lipinski definition) is 0. The van der Waals surface area contributed by atoms with Crippen molar-refractivity contribution in [3.05, 3.63) is 47.0 Å². The third kappa shape index (κ3) is 3.43. The van der Waals surface area contributed by atoms with Gasteiger partial charge in [0.25, 0.3) is 0 Å². The summed E-state index contributed by atoms with van der Waals surface area (Å²) in [4.78, 5) is -0.0347. The van der Waals surface area contributed by atoms with Crippen LogP contribution in [0.15, 0.2) is 35.2 Å². The van der Waals surface area contributed by atoms with E-state index in [-0.39, 0.29) is 15.7 Å². The highest BCUT2D eigenvalue weighted by Gasteiger charge is 2.15. The van der Waals surface area contributed by atoms with Gasteiger partial charge in [-0.2, -0.15) is 0 Å². The molecule has 0 bridgehead atoms. The van der Waals surface area contributed by atoms with E-state index in [1.807, 2.05) is 0 Å². The quantitative estimate of drug-likeness (QED) is 0.854. The second-order valence-electron chi connectivity index (χ2n) is 4.18. The van der Waals surface area contributed by atoms with Gasteiger partial charge in [0, 0.05) is 18.4 Å². The molecular weight excluding hydrogens is 326 g/mol. The van der Waals surface area contributed by atoms with Crippen LogP contribution in [0.3, 0.4) is 0 Å². The molecule has 0 amide bonds. The summed E-state index contributed by atoms with van der Waals surface area (Å²) in [6.45, 7) is 0. The van der Waals surface area contributed by atoms with Crippen molar-refractivity contribution in [2.75, 3.05) is 6.26 Å². The monoisotopic (exact) mass is 333 g/mol. The van der Waals surface area contributed by atoms with Crippen LogP contribution < -0.4 is 4.74 Å². The second-order valence-corrected chi connectivity index (χ2v) is 6.60. The average molecular weight is 334 g/mol. The van der Waals surface area contributed by atoms with Crippen LogP contribution in [0, 0.1) is 11.6 Å². The molecule has 2 rings (SSSR count). The highest BCUT2D eigenvalue weighted by atomic mass is 35.5. The van der Waals surface area contributed by atoms with E-state index in [1.165, 1.54) is 12.1 Å². The van der Waals surface area contributed by atoms with Gasteiger partial charge in [-0.3, -0.25) is 5.11 Å². The zero-order chi connectivity index (χ0) is 15.8. The van der Waals surface area contributed by atoms with E-state index in [0.29, 0.717) is 12.1 Å². The lowest BCUT2D eigenvalue weighted by atomic mass is 10.3. The molecule has 4 nitrogen and oxygen atoms in total. The van der Waals surface area contributed by atoms with Gasteiger partial charge in [0.05, 0.1) is 9.92 Å². The van der Waals surface area contributed by atoms with E-state index in [0.717, 1.165) is 12.3 Å². The summed E-state index contributed by atoms with van der Waals surface area (Å²) in [5.74, 6) is -3.90. The van der Waals surface area contributed by atoms with Crippen molar-refractivity contribution >= 4 is 21.4 Å². The summed E-state index contributed by atoms with van der Waals surface area (Å²) in [6.07, 6.45) is 1.00. The fourth-order valence-electron chi connectivity index (χ4n) is 1.50. The van der Waals surface area contributed by atoms with Crippen molar-refractivity contribution < 1.29 is 27.0 Å². The summed E-state index contributed by atoms with van der Waals surface area (Å²) >= 11 is 5.85. The van der Waals surface area contributed by atoms with E-state index in [4.69, 9.17) is 16.3 Å². The van der Waals surface area contributed by atoms with Crippen molar-refractivity contribution in [1.29, 1.82) is 0 Å². The number of sulfone groups is 1. The molecule has 2 aromatic rings. The Balaban J connectivity index is 2.39. The minimum absolute atomic E-state index is 0.0347. The van der Waals surface area contributed by atoms with Gasteiger partial charge in [-0.15, -0.1) is 0 Å². The molecule has 0 aliphatic rings. The van der Waals surface area contributed by atoms with Gasteiger partial charge in [-0.1, -0.05) is 11.6 Å². The molecule has 0 heterocycles. The molecule has 0 atom stereocenters. The van der Waals surface area contributed by atoms with Gasteiger partial charge >= 0.3 is 0 Å². The van der Waals surface area contributed by atoms with Crippen LogP contribution in [0.5, 0.6) is 17.2 Å². The lowest BCUT2D eigenvalue weighted by Crippen LogP contribution is -1.97. The molecule has 111 valence electrons. The Morgan fingerprint density at radius 3 is 2.24 bits per heavy atom. The van der Waals surface area contributed by atoms with Crippen LogP contribution >= 0.6 is 11.6 Å². The maximum absolute atomic E-state index is 13.1. The smallest absolute Gasteiger partial charge is 0.224 e. The lowest BCUT2D eigenvalue weighted by molar-refractivity contribution is 0.322. The maximum Gasteiger partial charge on any atom is 0.224 e. The zero-order valence-corrected chi connectivity index (χ0v) is 12.1. The zero-order valence-electron chi connectivity index (χ0n) is 10.6. The molecule has 0 unspecified atom stereocenters. The molecule has 0 N–H and O–H groups in total. The molecule has 1 radical (unpaired) electrons. The third-order valence-electron chi connectivity index (χ3n) is 2.54. The summed E-state index contributed by atoms with van der Waals surface area (Å²) in [5.41, 5.74) is 0. The molecule has 0 aromatic heterocycles. The summed E-state index contributed by atoms with van der Waals surface area (Å²) in [5, 5.41) is 11.4. The Morgan fingerprint density at radius 2 is 1.67 bits per heavy atom. The Hall–Kier alpha value is -1.86. The van der Waals surface area contributed by atoms with E-state index in [2.05, 4.69) is 0 Å². The minimum Gasteiger partial charge on any atom is -0.452 e. The molecule has 0 saturated heterocycles. The first-order valence-corrected chi connectivity index (χ1v) is 7.79. The second kappa shape index (κ2) is 5.50. The fourth-order valence-corrected chi connectivity index (χ4v) is 2.43. The van der Waals surface area contributed by atoms with Gasteiger partial charge in [0.2, 0.25) is 5.75 Å². The van der Waals surface area contributed by atoms with Gasteiger partial charge in [0.1, 0.15) is 5.75 Å². The first kappa shape index (κ1) is 15.5.